The van der Waals surface area contributed by atoms with E-state index >= 15 is 0 Å². The van der Waals surface area contributed by atoms with Crippen molar-refractivity contribution in [2.24, 2.45) is 0 Å². The molecule has 8 nitrogen and oxygen atoms in total. The first-order valence-electron chi connectivity index (χ1n) is 11.2. The molecule has 0 bridgehead atoms. The quantitative estimate of drug-likeness (QED) is 0.438. The number of carboxylic acid groups (broad SMARTS) is 1. The Kier molecular flexibility index (Phi) is 7.42. The molecule has 0 saturated carbocycles. The number of rotatable bonds is 9. The molecule has 4 rings (SSSR count). The third kappa shape index (κ3) is 5.33. The molecular weight excluding hydrogens is 448 g/mol. The van der Waals surface area contributed by atoms with E-state index in [1.807, 2.05) is 36.4 Å². The zero-order valence-corrected chi connectivity index (χ0v) is 19.1. The zero-order chi connectivity index (χ0) is 24.8. The van der Waals surface area contributed by atoms with Crippen LogP contribution in [0.3, 0.4) is 0 Å². The second kappa shape index (κ2) is 10.8. The largest absolute Gasteiger partial charge is 0.479 e. The van der Waals surface area contributed by atoms with Crippen LogP contribution in [0.1, 0.15) is 28.7 Å². The van der Waals surface area contributed by atoms with Gasteiger partial charge in [-0.05, 0) is 27.8 Å². The van der Waals surface area contributed by atoms with Crippen molar-refractivity contribution in [1.29, 1.82) is 0 Å². The summed E-state index contributed by atoms with van der Waals surface area (Å²) in [6, 6.07) is 23.1. The van der Waals surface area contributed by atoms with E-state index in [0.717, 1.165) is 22.3 Å². The van der Waals surface area contributed by atoms with Gasteiger partial charge in [0.1, 0.15) is 6.61 Å². The molecular formula is C27H26N2O6. The number of carboxylic acids is 1. The fourth-order valence-corrected chi connectivity index (χ4v) is 4.28. The Balaban J connectivity index is 1.33. The van der Waals surface area contributed by atoms with E-state index in [1.54, 1.807) is 30.3 Å². The van der Waals surface area contributed by atoms with Gasteiger partial charge in [-0.1, -0.05) is 78.9 Å². The standard InChI is InChI=1S/C27H26N2O6/c1-34-23(25(30)29-24(26(31)32)17-9-3-2-4-10-17)15-28-27(33)35-16-22-20-13-7-5-11-18(20)19-12-6-8-14-21(19)22/h2-14,22-24H,15-16H2,1H3,(H,28,33)(H,29,30)(H,31,32)/t23?,24-/m1/s1. The number of aliphatic carboxylic acids is 1. The van der Waals surface area contributed by atoms with Crippen LogP contribution in [0.4, 0.5) is 4.79 Å². The summed E-state index contributed by atoms with van der Waals surface area (Å²) in [7, 11) is 1.31. The van der Waals surface area contributed by atoms with Gasteiger partial charge < -0.3 is 25.2 Å². The number of methoxy groups -OCH3 is 1. The fraction of sp³-hybridized carbons (Fsp3) is 0.222. The fourth-order valence-electron chi connectivity index (χ4n) is 4.28. The van der Waals surface area contributed by atoms with Gasteiger partial charge in [-0.25, -0.2) is 9.59 Å². The average Bonchev–Trinajstić information content (AvgIpc) is 3.20. The normalized spacial score (nSPS) is 13.7. The smallest absolute Gasteiger partial charge is 0.407 e. The second-order valence-electron chi connectivity index (χ2n) is 8.12. The lowest BCUT2D eigenvalue weighted by Crippen LogP contribution is -2.46. The van der Waals surface area contributed by atoms with Crippen LogP contribution in [0.25, 0.3) is 11.1 Å². The summed E-state index contributed by atoms with van der Waals surface area (Å²) in [5.74, 6) is -1.96. The van der Waals surface area contributed by atoms with E-state index in [1.165, 1.54) is 7.11 Å². The Hall–Kier alpha value is -4.17. The first-order valence-corrected chi connectivity index (χ1v) is 11.2. The molecule has 1 aliphatic rings. The summed E-state index contributed by atoms with van der Waals surface area (Å²) >= 11 is 0. The van der Waals surface area contributed by atoms with Crippen LogP contribution in [-0.2, 0) is 19.1 Å². The van der Waals surface area contributed by atoms with Crippen molar-refractivity contribution in [2.75, 3.05) is 20.3 Å². The lowest BCUT2D eigenvalue weighted by molar-refractivity contribution is -0.144. The number of ether oxygens (including phenoxy) is 2. The van der Waals surface area contributed by atoms with Crippen molar-refractivity contribution in [2.45, 2.75) is 18.1 Å². The monoisotopic (exact) mass is 474 g/mol. The van der Waals surface area contributed by atoms with Gasteiger partial charge >= 0.3 is 12.1 Å². The van der Waals surface area contributed by atoms with E-state index in [2.05, 4.69) is 22.8 Å². The number of amides is 2. The zero-order valence-electron chi connectivity index (χ0n) is 19.1. The molecule has 0 spiro atoms. The molecule has 0 heterocycles. The van der Waals surface area contributed by atoms with E-state index < -0.39 is 30.1 Å². The van der Waals surface area contributed by atoms with Gasteiger partial charge in [-0.15, -0.1) is 0 Å². The Morgan fingerprint density at radius 3 is 2.03 bits per heavy atom. The summed E-state index contributed by atoms with van der Waals surface area (Å²) < 4.78 is 10.6. The Morgan fingerprint density at radius 1 is 0.886 bits per heavy atom. The first-order chi connectivity index (χ1) is 17.0. The van der Waals surface area contributed by atoms with Gasteiger partial charge in [-0.3, -0.25) is 4.79 Å². The number of alkyl carbamates (subject to hydrolysis) is 1. The maximum atomic E-state index is 12.6. The lowest BCUT2D eigenvalue weighted by atomic mass is 9.98. The van der Waals surface area contributed by atoms with Gasteiger partial charge in [0.05, 0.1) is 6.54 Å². The molecule has 180 valence electrons. The predicted molar refractivity (Wildman–Crippen MR) is 129 cm³/mol. The SMILES string of the molecule is COC(CNC(=O)OCC1c2ccccc2-c2ccccc21)C(=O)N[C@@H](C(=O)O)c1ccccc1. The number of benzene rings is 3. The minimum Gasteiger partial charge on any atom is -0.479 e. The number of fused-ring (bicyclic) bond motifs is 3. The van der Waals surface area contributed by atoms with Crippen LogP contribution in [0.2, 0.25) is 0 Å². The minimum atomic E-state index is -1.24. The third-order valence-corrected chi connectivity index (χ3v) is 6.02. The van der Waals surface area contributed by atoms with E-state index in [4.69, 9.17) is 9.47 Å². The highest BCUT2D eigenvalue weighted by atomic mass is 16.5. The van der Waals surface area contributed by atoms with Gasteiger partial charge in [0.25, 0.3) is 5.91 Å². The molecule has 0 radical (unpaired) electrons. The Bertz CT molecular complexity index is 1170. The van der Waals surface area contributed by atoms with Crippen LogP contribution in [0.5, 0.6) is 0 Å². The number of hydrogen-bond acceptors (Lipinski definition) is 5. The molecule has 0 fully saturated rings. The molecule has 1 aliphatic carbocycles. The van der Waals surface area contributed by atoms with E-state index in [0.29, 0.717) is 5.56 Å². The number of carbonyl (C=O) groups excluding carboxylic acids is 2. The van der Waals surface area contributed by atoms with Crippen molar-refractivity contribution in [3.05, 3.63) is 95.6 Å². The number of hydrogen-bond donors (Lipinski definition) is 3. The van der Waals surface area contributed by atoms with Gasteiger partial charge in [0.15, 0.2) is 12.1 Å². The van der Waals surface area contributed by atoms with Crippen molar-refractivity contribution >= 4 is 18.0 Å². The Labute approximate surface area is 202 Å². The molecule has 3 aromatic rings. The molecule has 2 atom stereocenters. The maximum Gasteiger partial charge on any atom is 0.407 e. The molecule has 35 heavy (non-hydrogen) atoms. The molecule has 8 heteroatoms. The lowest BCUT2D eigenvalue weighted by Gasteiger charge is -2.20. The van der Waals surface area contributed by atoms with Crippen molar-refractivity contribution in [3.8, 4) is 11.1 Å². The molecule has 0 saturated heterocycles. The molecule has 3 N–H and O–H groups in total. The summed E-state index contributed by atoms with van der Waals surface area (Å²) in [6.45, 7) is -0.0427. The summed E-state index contributed by atoms with van der Waals surface area (Å²) in [6.07, 6.45) is -1.79. The van der Waals surface area contributed by atoms with Crippen molar-refractivity contribution in [1.82, 2.24) is 10.6 Å². The van der Waals surface area contributed by atoms with Crippen LogP contribution in [0, 0.1) is 0 Å². The van der Waals surface area contributed by atoms with Crippen LogP contribution >= 0.6 is 0 Å². The molecule has 0 aromatic heterocycles. The molecule has 1 unspecified atom stereocenters. The average molecular weight is 475 g/mol. The van der Waals surface area contributed by atoms with Gasteiger partial charge in [-0.2, -0.15) is 0 Å². The van der Waals surface area contributed by atoms with Gasteiger partial charge in [0.2, 0.25) is 0 Å². The van der Waals surface area contributed by atoms with E-state index in [-0.39, 0.29) is 19.1 Å². The minimum absolute atomic E-state index is 0.0862. The van der Waals surface area contributed by atoms with Crippen LogP contribution in [0.15, 0.2) is 78.9 Å². The van der Waals surface area contributed by atoms with E-state index in [9.17, 15) is 19.5 Å². The first kappa shape index (κ1) is 24.0. The highest BCUT2D eigenvalue weighted by Gasteiger charge is 2.30. The summed E-state index contributed by atoms with van der Waals surface area (Å²) in [4.78, 5) is 36.7. The molecule has 3 aromatic carbocycles. The molecule has 2 amide bonds. The third-order valence-electron chi connectivity index (χ3n) is 6.02. The summed E-state index contributed by atoms with van der Waals surface area (Å²) in [5, 5.41) is 14.5. The van der Waals surface area contributed by atoms with Crippen molar-refractivity contribution < 1.29 is 29.0 Å². The number of nitrogens with one attached hydrogen (secondary N) is 2. The summed E-state index contributed by atoms with van der Waals surface area (Å²) in [5.41, 5.74) is 4.86. The Morgan fingerprint density at radius 2 is 1.46 bits per heavy atom. The van der Waals surface area contributed by atoms with Crippen LogP contribution in [-0.4, -0.2) is 49.4 Å². The van der Waals surface area contributed by atoms with Crippen molar-refractivity contribution in [3.63, 3.8) is 0 Å². The second-order valence-corrected chi connectivity index (χ2v) is 8.12. The number of carbonyl (C=O) groups is 3. The van der Waals surface area contributed by atoms with Gasteiger partial charge in [0, 0.05) is 13.0 Å². The topological polar surface area (TPSA) is 114 Å². The highest BCUT2D eigenvalue weighted by Crippen LogP contribution is 2.44. The van der Waals surface area contributed by atoms with Crippen LogP contribution < -0.4 is 10.6 Å². The molecule has 0 aliphatic heterocycles. The highest BCUT2D eigenvalue weighted by molar-refractivity contribution is 5.87. The predicted octanol–water partition coefficient (Wildman–Crippen LogP) is 3.48. The maximum absolute atomic E-state index is 12.6.